The number of carbonyl (C=O) groups is 2. The molecule has 96 valence electrons. The van der Waals surface area contributed by atoms with Crippen LogP contribution in [0.3, 0.4) is 0 Å². The topological polar surface area (TPSA) is 86.6 Å². The molecule has 0 atom stereocenters. The molecule has 0 radical (unpaired) electrons. The Hall–Kier alpha value is -1.10. The Morgan fingerprint density at radius 1 is 0.765 bits per heavy atom. The highest BCUT2D eigenvalue weighted by Gasteiger charge is 2.51. The zero-order valence-corrected chi connectivity index (χ0v) is 9.87. The maximum absolute atomic E-state index is 11.4. The van der Waals surface area contributed by atoms with Crippen LogP contribution < -0.4 is 5.32 Å². The summed E-state index contributed by atoms with van der Waals surface area (Å²) in [6, 6.07) is 0. The number of nitrogens with one attached hydrogen (secondary N) is 1. The van der Waals surface area contributed by atoms with Gasteiger partial charge in [0.1, 0.15) is 11.1 Å². The van der Waals surface area contributed by atoms with E-state index in [0.717, 1.165) is 25.7 Å². The first-order chi connectivity index (χ1) is 8.01. The summed E-state index contributed by atoms with van der Waals surface area (Å²) in [6.07, 6.45) is 5.58. The number of hydrogen-bond donors (Lipinski definition) is 3. The van der Waals surface area contributed by atoms with Crippen molar-refractivity contribution in [2.45, 2.75) is 62.4 Å². The van der Waals surface area contributed by atoms with Crippen molar-refractivity contribution in [3.63, 3.8) is 0 Å². The van der Waals surface area contributed by atoms with Gasteiger partial charge in [0.15, 0.2) is 0 Å². The molecule has 0 aromatic rings. The molecule has 5 heteroatoms. The summed E-state index contributed by atoms with van der Waals surface area (Å²) in [4.78, 5) is 22.8. The molecule has 0 bridgehead atoms. The number of aliphatic carboxylic acids is 2. The van der Waals surface area contributed by atoms with E-state index < -0.39 is 23.0 Å². The van der Waals surface area contributed by atoms with Crippen LogP contribution in [-0.4, -0.2) is 33.2 Å². The number of rotatable bonds is 4. The average Bonchev–Trinajstić information content (AvgIpc) is 2.88. The van der Waals surface area contributed by atoms with Crippen molar-refractivity contribution >= 4 is 11.9 Å². The summed E-state index contributed by atoms with van der Waals surface area (Å²) in [5.74, 6) is -1.80. The van der Waals surface area contributed by atoms with Crippen molar-refractivity contribution in [2.75, 3.05) is 0 Å². The molecule has 2 rings (SSSR count). The van der Waals surface area contributed by atoms with Crippen molar-refractivity contribution in [1.29, 1.82) is 0 Å². The number of carboxylic acid groups (broad SMARTS) is 2. The van der Waals surface area contributed by atoms with E-state index in [-0.39, 0.29) is 0 Å². The van der Waals surface area contributed by atoms with E-state index in [0.29, 0.717) is 25.7 Å². The van der Waals surface area contributed by atoms with Crippen molar-refractivity contribution in [3.05, 3.63) is 0 Å². The molecule has 0 heterocycles. The molecular weight excluding hydrogens is 222 g/mol. The Balaban J connectivity index is 2.22. The van der Waals surface area contributed by atoms with E-state index in [1.807, 2.05) is 0 Å². The highest BCUT2D eigenvalue weighted by molar-refractivity contribution is 5.84. The molecule has 0 aromatic heterocycles. The van der Waals surface area contributed by atoms with Gasteiger partial charge >= 0.3 is 11.9 Å². The van der Waals surface area contributed by atoms with E-state index in [1.54, 1.807) is 0 Å². The van der Waals surface area contributed by atoms with E-state index in [4.69, 9.17) is 0 Å². The predicted molar refractivity (Wildman–Crippen MR) is 60.8 cm³/mol. The fourth-order valence-corrected chi connectivity index (χ4v) is 3.20. The van der Waals surface area contributed by atoms with Gasteiger partial charge in [-0.3, -0.25) is 14.9 Å². The van der Waals surface area contributed by atoms with E-state index in [1.165, 1.54) is 0 Å². The minimum Gasteiger partial charge on any atom is -0.480 e. The van der Waals surface area contributed by atoms with E-state index in [9.17, 15) is 19.8 Å². The van der Waals surface area contributed by atoms with Crippen molar-refractivity contribution in [3.8, 4) is 0 Å². The van der Waals surface area contributed by atoms with Crippen LogP contribution in [0.25, 0.3) is 0 Å². The standard InChI is InChI=1S/C12H19NO4/c14-9(15)11(5-1-2-6-11)13-12(10(16)17)7-3-4-8-12/h13H,1-8H2,(H,14,15)(H,16,17). The molecule has 17 heavy (non-hydrogen) atoms. The number of hydrogen-bond acceptors (Lipinski definition) is 3. The van der Waals surface area contributed by atoms with Crippen LogP contribution in [0.4, 0.5) is 0 Å². The van der Waals surface area contributed by atoms with Crippen molar-refractivity contribution < 1.29 is 19.8 Å². The molecule has 0 saturated heterocycles. The molecule has 2 aliphatic rings. The molecular formula is C12H19NO4. The highest BCUT2D eigenvalue weighted by Crippen LogP contribution is 2.37. The first-order valence-corrected chi connectivity index (χ1v) is 6.27. The lowest BCUT2D eigenvalue weighted by Crippen LogP contribution is -2.63. The van der Waals surface area contributed by atoms with Crippen LogP contribution in [0.5, 0.6) is 0 Å². The van der Waals surface area contributed by atoms with Gasteiger partial charge in [-0.2, -0.15) is 0 Å². The summed E-state index contributed by atoms with van der Waals surface area (Å²) < 4.78 is 0. The Morgan fingerprint density at radius 2 is 1.06 bits per heavy atom. The van der Waals surface area contributed by atoms with Gasteiger partial charge in [0.25, 0.3) is 0 Å². The SMILES string of the molecule is O=C(O)C1(NC2(C(=O)O)CCCC2)CCCC1. The quantitative estimate of drug-likeness (QED) is 0.692. The second-order valence-electron chi connectivity index (χ2n) is 5.31. The average molecular weight is 241 g/mol. The molecule has 0 aliphatic heterocycles. The molecule has 2 aliphatic carbocycles. The third kappa shape index (κ3) is 2.04. The van der Waals surface area contributed by atoms with Crippen LogP contribution in [0.1, 0.15) is 51.4 Å². The molecule has 0 amide bonds. The summed E-state index contributed by atoms with van der Waals surface area (Å²) >= 11 is 0. The first kappa shape index (κ1) is 12.4. The zero-order chi connectivity index (χ0) is 12.5. The second-order valence-corrected chi connectivity index (χ2v) is 5.31. The molecule has 3 N–H and O–H groups in total. The second kappa shape index (κ2) is 4.29. The van der Waals surface area contributed by atoms with Crippen LogP contribution in [0.15, 0.2) is 0 Å². The van der Waals surface area contributed by atoms with Crippen LogP contribution in [0, 0.1) is 0 Å². The van der Waals surface area contributed by atoms with Crippen LogP contribution in [0.2, 0.25) is 0 Å². The zero-order valence-electron chi connectivity index (χ0n) is 9.87. The van der Waals surface area contributed by atoms with Crippen LogP contribution >= 0.6 is 0 Å². The van der Waals surface area contributed by atoms with Crippen LogP contribution in [-0.2, 0) is 9.59 Å². The minimum absolute atomic E-state index is 0.539. The molecule has 5 nitrogen and oxygen atoms in total. The monoisotopic (exact) mass is 241 g/mol. The van der Waals surface area contributed by atoms with Gasteiger partial charge in [0, 0.05) is 0 Å². The molecule has 2 fully saturated rings. The summed E-state index contributed by atoms with van der Waals surface area (Å²) in [7, 11) is 0. The normalized spacial score (nSPS) is 25.9. The Bertz CT molecular complexity index is 295. The Labute approximate surface area is 100 Å². The largest absolute Gasteiger partial charge is 0.480 e. The fourth-order valence-electron chi connectivity index (χ4n) is 3.20. The highest BCUT2D eigenvalue weighted by atomic mass is 16.4. The van der Waals surface area contributed by atoms with Gasteiger partial charge in [-0.1, -0.05) is 25.7 Å². The van der Waals surface area contributed by atoms with Gasteiger partial charge in [0.2, 0.25) is 0 Å². The van der Waals surface area contributed by atoms with Crippen molar-refractivity contribution in [1.82, 2.24) is 5.32 Å². The molecule has 0 aromatic carbocycles. The minimum atomic E-state index is -1.01. The van der Waals surface area contributed by atoms with E-state index >= 15 is 0 Å². The Morgan fingerprint density at radius 3 is 1.29 bits per heavy atom. The predicted octanol–water partition coefficient (Wildman–Crippen LogP) is 1.37. The molecule has 2 saturated carbocycles. The van der Waals surface area contributed by atoms with Gasteiger partial charge in [-0.05, 0) is 25.7 Å². The number of carboxylic acids is 2. The van der Waals surface area contributed by atoms with E-state index in [2.05, 4.69) is 5.32 Å². The molecule has 0 spiro atoms. The first-order valence-electron chi connectivity index (χ1n) is 6.27. The third-order valence-corrected chi connectivity index (χ3v) is 4.21. The lowest BCUT2D eigenvalue weighted by atomic mass is 9.89. The van der Waals surface area contributed by atoms with Gasteiger partial charge in [0.05, 0.1) is 0 Å². The third-order valence-electron chi connectivity index (χ3n) is 4.21. The Kier molecular flexibility index (Phi) is 3.12. The maximum Gasteiger partial charge on any atom is 0.323 e. The summed E-state index contributed by atoms with van der Waals surface area (Å²) in [5, 5.41) is 21.7. The van der Waals surface area contributed by atoms with Gasteiger partial charge < -0.3 is 10.2 Å². The fraction of sp³-hybridized carbons (Fsp3) is 0.833. The smallest absolute Gasteiger partial charge is 0.323 e. The molecule has 0 unspecified atom stereocenters. The summed E-state index contributed by atoms with van der Waals surface area (Å²) in [5.41, 5.74) is -2.02. The van der Waals surface area contributed by atoms with Crippen molar-refractivity contribution in [2.24, 2.45) is 0 Å². The lowest BCUT2D eigenvalue weighted by Gasteiger charge is -2.36. The maximum atomic E-state index is 11.4. The van der Waals surface area contributed by atoms with Gasteiger partial charge in [-0.25, -0.2) is 0 Å². The van der Waals surface area contributed by atoms with Gasteiger partial charge in [-0.15, -0.1) is 0 Å². The lowest BCUT2D eigenvalue weighted by molar-refractivity contribution is -0.151. The summed E-state index contributed by atoms with van der Waals surface area (Å²) in [6.45, 7) is 0.